The molecule has 86 valence electrons. The van der Waals surface area contributed by atoms with Crippen molar-refractivity contribution in [3.63, 3.8) is 0 Å². The van der Waals surface area contributed by atoms with Gasteiger partial charge in [-0.3, -0.25) is 4.68 Å². The quantitative estimate of drug-likeness (QED) is 0.821. The number of hydrogen-bond acceptors (Lipinski definition) is 3. The highest BCUT2D eigenvalue weighted by Crippen LogP contribution is 2.14. The van der Waals surface area contributed by atoms with Gasteiger partial charge in [-0.05, 0) is 13.1 Å². The fourth-order valence-corrected chi connectivity index (χ4v) is 1.82. The van der Waals surface area contributed by atoms with Crippen LogP contribution in [0.25, 0.3) is 0 Å². The van der Waals surface area contributed by atoms with Gasteiger partial charge in [0, 0.05) is 39.1 Å². The molecule has 0 saturated carbocycles. The first-order valence-corrected chi connectivity index (χ1v) is 5.33. The molecule has 0 aliphatic rings. The van der Waals surface area contributed by atoms with Crippen molar-refractivity contribution in [2.45, 2.75) is 12.5 Å². The molecule has 0 aliphatic carbocycles. The van der Waals surface area contributed by atoms with E-state index in [1.165, 1.54) is 0 Å². The van der Waals surface area contributed by atoms with Crippen LogP contribution in [-0.2, 0) is 20.5 Å². The first-order chi connectivity index (χ1) is 7.70. The fraction of sp³-hybridized carbons (Fsp3) is 0.455. The van der Waals surface area contributed by atoms with Crippen LogP contribution in [0.4, 0.5) is 0 Å². The van der Waals surface area contributed by atoms with Crippen molar-refractivity contribution >= 4 is 0 Å². The minimum atomic E-state index is 0.204. The van der Waals surface area contributed by atoms with Gasteiger partial charge < -0.3 is 9.88 Å². The number of aromatic nitrogens is 4. The first kappa shape index (κ1) is 10.9. The van der Waals surface area contributed by atoms with E-state index in [1.807, 2.05) is 55.0 Å². The Kier molecular flexibility index (Phi) is 3.05. The van der Waals surface area contributed by atoms with Crippen molar-refractivity contribution in [1.29, 1.82) is 0 Å². The van der Waals surface area contributed by atoms with E-state index in [0.29, 0.717) is 0 Å². The molecule has 0 spiro atoms. The molecule has 2 aromatic heterocycles. The van der Waals surface area contributed by atoms with Gasteiger partial charge in [-0.15, -0.1) is 0 Å². The Hall–Kier alpha value is -1.62. The molecule has 0 fully saturated rings. The SMILES string of the molecule is CNC(Cc1ccn(C)n1)c1nccn1C. The molecule has 2 rings (SSSR count). The highest BCUT2D eigenvalue weighted by atomic mass is 15.2. The summed E-state index contributed by atoms with van der Waals surface area (Å²) >= 11 is 0. The zero-order chi connectivity index (χ0) is 11.5. The Morgan fingerprint density at radius 1 is 1.38 bits per heavy atom. The monoisotopic (exact) mass is 219 g/mol. The van der Waals surface area contributed by atoms with Gasteiger partial charge in [-0.25, -0.2) is 4.98 Å². The first-order valence-electron chi connectivity index (χ1n) is 5.33. The third-order valence-corrected chi connectivity index (χ3v) is 2.70. The molecular weight excluding hydrogens is 202 g/mol. The summed E-state index contributed by atoms with van der Waals surface area (Å²) in [6.07, 6.45) is 6.58. The molecule has 0 bridgehead atoms. The summed E-state index contributed by atoms with van der Waals surface area (Å²) in [4.78, 5) is 4.36. The normalized spacial score (nSPS) is 12.9. The molecule has 5 nitrogen and oxygen atoms in total. The van der Waals surface area contributed by atoms with E-state index in [0.717, 1.165) is 17.9 Å². The summed E-state index contributed by atoms with van der Waals surface area (Å²) in [5, 5.41) is 7.65. The summed E-state index contributed by atoms with van der Waals surface area (Å²) in [6, 6.07) is 2.24. The highest BCUT2D eigenvalue weighted by molar-refractivity contribution is 5.07. The lowest BCUT2D eigenvalue weighted by molar-refractivity contribution is 0.529. The molecule has 2 aromatic rings. The van der Waals surface area contributed by atoms with Crippen LogP contribution >= 0.6 is 0 Å². The van der Waals surface area contributed by atoms with Gasteiger partial charge in [-0.2, -0.15) is 5.10 Å². The molecule has 1 atom stereocenters. The van der Waals surface area contributed by atoms with E-state index in [1.54, 1.807) is 0 Å². The molecule has 0 aromatic carbocycles. The number of hydrogen-bond donors (Lipinski definition) is 1. The van der Waals surface area contributed by atoms with Crippen LogP contribution in [0.1, 0.15) is 17.6 Å². The summed E-state index contributed by atoms with van der Waals surface area (Å²) in [5.74, 6) is 1.04. The Morgan fingerprint density at radius 2 is 2.19 bits per heavy atom. The lowest BCUT2D eigenvalue weighted by Gasteiger charge is -2.14. The van der Waals surface area contributed by atoms with E-state index >= 15 is 0 Å². The van der Waals surface area contributed by atoms with Crippen molar-refractivity contribution in [3.8, 4) is 0 Å². The minimum absolute atomic E-state index is 0.204. The predicted molar refractivity (Wildman–Crippen MR) is 61.9 cm³/mol. The molecule has 16 heavy (non-hydrogen) atoms. The lowest BCUT2D eigenvalue weighted by atomic mass is 10.1. The van der Waals surface area contributed by atoms with Gasteiger partial charge in [0.05, 0.1) is 11.7 Å². The maximum atomic E-state index is 4.38. The van der Waals surface area contributed by atoms with Crippen LogP contribution in [0, 0.1) is 0 Å². The van der Waals surface area contributed by atoms with Crippen LogP contribution in [0.5, 0.6) is 0 Å². The Labute approximate surface area is 95.1 Å². The average molecular weight is 219 g/mol. The van der Waals surface area contributed by atoms with E-state index in [9.17, 15) is 0 Å². The van der Waals surface area contributed by atoms with Gasteiger partial charge in [-0.1, -0.05) is 0 Å². The summed E-state index contributed by atoms with van der Waals surface area (Å²) in [7, 11) is 5.88. The second-order valence-corrected chi connectivity index (χ2v) is 3.92. The largest absolute Gasteiger partial charge is 0.337 e. The summed E-state index contributed by atoms with van der Waals surface area (Å²) in [6.45, 7) is 0. The Balaban J connectivity index is 2.15. The smallest absolute Gasteiger partial charge is 0.125 e. The number of nitrogens with one attached hydrogen (secondary N) is 1. The second-order valence-electron chi connectivity index (χ2n) is 3.92. The molecule has 0 radical (unpaired) electrons. The zero-order valence-electron chi connectivity index (χ0n) is 9.88. The van der Waals surface area contributed by atoms with Gasteiger partial charge in [0.25, 0.3) is 0 Å². The summed E-state index contributed by atoms with van der Waals surface area (Å²) in [5.41, 5.74) is 1.07. The Bertz CT molecular complexity index is 456. The highest BCUT2D eigenvalue weighted by Gasteiger charge is 2.15. The Morgan fingerprint density at radius 3 is 2.69 bits per heavy atom. The molecule has 2 heterocycles. The van der Waals surface area contributed by atoms with Gasteiger partial charge >= 0.3 is 0 Å². The van der Waals surface area contributed by atoms with E-state index in [2.05, 4.69) is 15.4 Å². The zero-order valence-corrected chi connectivity index (χ0v) is 9.88. The average Bonchev–Trinajstić information content (AvgIpc) is 2.84. The third-order valence-electron chi connectivity index (χ3n) is 2.70. The predicted octanol–water partition coefficient (Wildman–Crippen LogP) is 0.657. The topological polar surface area (TPSA) is 47.7 Å². The number of aryl methyl sites for hydroxylation is 2. The molecule has 0 amide bonds. The molecule has 5 heteroatoms. The van der Waals surface area contributed by atoms with Gasteiger partial charge in [0.2, 0.25) is 0 Å². The second kappa shape index (κ2) is 4.49. The van der Waals surface area contributed by atoms with Crippen molar-refractivity contribution in [3.05, 3.63) is 36.2 Å². The molecule has 0 aliphatic heterocycles. The number of rotatable bonds is 4. The summed E-state index contributed by atoms with van der Waals surface area (Å²) < 4.78 is 3.85. The van der Waals surface area contributed by atoms with Crippen LogP contribution < -0.4 is 5.32 Å². The molecular formula is C11H17N5. The van der Waals surface area contributed by atoms with Crippen molar-refractivity contribution in [2.75, 3.05) is 7.05 Å². The molecule has 1 unspecified atom stereocenters. The van der Waals surface area contributed by atoms with Crippen molar-refractivity contribution < 1.29 is 0 Å². The van der Waals surface area contributed by atoms with E-state index in [4.69, 9.17) is 0 Å². The van der Waals surface area contributed by atoms with Crippen LogP contribution in [0.15, 0.2) is 24.7 Å². The molecule has 1 N–H and O–H groups in total. The number of likely N-dealkylation sites (N-methyl/N-ethyl adjacent to an activating group) is 1. The van der Waals surface area contributed by atoms with Crippen LogP contribution in [0.2, 0.25) is 0 Å². The number of imidazole rings is 1. The maximum absolute atomic E-state index is 4.38. The van der Waals surface area contributed by atoms with Crippen molar-refractivity contribution in [1.82, 2.24) is 24.6 Å². The standard InChI is InChI=1S/C11H17N5/c1-12-10(11-13-5-7-15(11)2)8-9-4-6-16(3)14-9/h4-7,10,12H,8H2,1-3H3. The van der Waals surface area contributed by atoms with Crippen LogP contribution in [-0.4, -0.2) is 26.4 Å². The molecule has 0 saturated heterocycles. The van der Waals surface area contributed by atoms with Crippen LogP contribution in [0.3, 0.4) is 0 Å². The van der Waals surface area contributed by atoms with Crippen molar-refractivity contribution in [2.24, 2.45) is 14.1 Å². The van der Waals surface area contributed by atoms with Gasteiger partial charge in [0.15, 0.2) is 0 Å². The van der Waals surface area contributed by atoms with E-state index < -0.39 is 0 Å². The van der Waals surface area contributed by atoms with Gasteiger partial charge in [0.1, 0.15) is 5.82 Å². The maximum Gasteiger partial charge on any atom is 0.125 e. The van der Waals surface area contributed by atoms with E-state index in [-0.39, 0.29) is 6.04 Å². The lowest BCUT2D eigenvalue weighted by Crippen LogP contribution is -2.22. The fourth-order valence-electron chi connectivity index (χ4n) is 1.82. The third kappa shape index (κ3) is 2.14. The minimum Gasteiger partial charge on any atom is -0.337 e. The number of nitrogens with zero attached hydrogens (tertiary/aromatic N) is 4.